The molecule has 1 aromatic carbocycles. The van der Waals surface area contributed by atoms with Crippen molar-refractivity contribution in [3.8, 4) is 19.0 Å². The third kappa shape index (κ3) is 9.96. The van der Waals surface area contributed by atoms with Crippen LogP contribution in [0.4, 0.5) is 5.69 Å². The number of terminal acetylenes is 1. The molecule has 0 radical (unpaired) electrons. The van der Waals surface area contributed by atoms with Gasteiger partial charge in [-0.3, -0.25) is 14.9 Å². The lowest BCUT2D eigenvalue weighted by molar-refractivity contribution is -0.140. The van der Waals surface area contributed by atoms with E-state index in [9.17, 15) is 9.59 Å². The fourth-order valence-electron chi connectivity index (χ4n) is 3.31. The number of guanidine groups is 1. The summed E-state index contributed by atoms with van der Waals surface area (Å²) in [5.74, 6) is 0.348. The van der Waals surface area contributed by atoms with Crippen LogP contribution in [0.25, 0.3) is 0 Å². The van der Waals surface area contributed by atoms with Gasteiger partial charge in [0.05, 0.1) is 12.2 Å². The summed E-state index contributed by atoms with van der Waals surface area (Å²) in [6.07, 6.45) is 13.4. The minimum Gasteiger partial charge on any atom is -0.369 e. The molecule has 2 aliphatic rings. The molecule has 3 rings (SSSR count). The van der Waals surface area contributed by atoms with Crippen molar-refractivity contribution in [3.63, 3.8) is 0 Å². The monoisotopic (exact) mass is 439 g/mol. The predicted octanol–water partition coefficient (Wildman–Crippen LogP) is 1.08. The van der Waals surface area contributed by atoms with Crippen LogP contribution in [0.1, 0.15) is 31.2 Å². The molecule has 4 N–H and O–H groups in total. The Hall–Kier alpha value is -3.56. The minimum atomic E-state index is 0.0988. The maximum absolute atomic E-state index is 12.0. The van der Waals surface area contributed by atoms with Gasteiger partial charge in [-0.05, 0) is 37.5 Å². The summed E-state index contributed by atoms with van der Waals surface area (Å²) in [4.78, 5) is 31.4. The Kier molecular flexibility index (Phi) is 12.6. The number of likely N-dealkylation sites (tertiary alicyclic amines) is 1. The number of nitriles is 1. The van der Waals surface area contributed by atoms with Crippen molar-refractivity contribution in [2.75, 3.05) is 39.3 Å². The van der Waals surface area contributed by atoms with Crippen molar-refractivity contribution in [2.45, 2.75) is 32.6 Å². The number of nitrogens with zero attached hydrogens (tertiary/aromatic N) is 4. The highest BCUT2D eigenvalue weighted by Crippen LogP contribution is 2.13. The van der Waals surface area contributed by atoms with Gasteiger partial charge in [0.1, 0.15) is 0 Å². The molecule has 2 fully saturated rings. The second-order valence-electron chi connectivity index (χ2n) is 7.33. The lowest BCUT2D eigenvalue weighted by Gasteiger charge is -2.30. The van der Waals surface area contributed by atoms with Crippen LogP contribution in [-0.2, 0) is 9.59 Å². The molecule has 0 bridgehead atoms. The highest BCUT2D eigenvalue weighted by molar-refractivity contribution is 5.85. The standard InChI is InChI=1S/C12H21N3O2.C9H10N4.C2H2/c16-11-4-2-1-3-7-15(11)10-12(17)14-8-5-13-6-9-14;1-7-3-2-4-8(5-7)13-9(11)12-6-10;1-2/h13H,1-10H2;2-5H,1H3,(H3,11,12,13);1-2H. The van der Waals surface area contributed by atoms with E-state index in [1.54, 1.807) is 11.1 Å². The third-order valence-corrected chi connectivity index (χ3v) is 4.90. The molecule has 32 heavy (non-hydrogen) atoms. The number of nitrogens with one attached hydrogen (secondary N) is 2. The lowest BCUT2D eigenvalue weighted by atomic mass is 10.2. The lowest BCUT2D eigenvalue weighted by Crippen LogP contribution is -2.50. The van der Waals surface area contributed by atoms with Crippen molar-refractivity contribution < 1.29 is 9.59 Å². The van der Waals surface area contributed by atoms with Crippen molar-refractivity contribution in [3.05, 3.63) is 29.8 Å². The largest absolute Gasteiger partial charge is 0.369 e. The second kappa shape index (κ2) is 15.3. The highest BCUT2D eigenvalue weighted by Gasteiger charge is 2.23. The number of benzene rings is 1. The number of carbonyl (C=O) groups is 2. The highest BCUT2D eigenvalue weighted by atomic mass is 16.2. The molecule has 2 aliphatic heterocycles. The molecule has 2 amide bonds. The van der Waals surface area contributed by atoms with Crippen LogP contribution in [0.2, 0.25) is 0 Å². The van der Waals surface area contributed by atoms with Gasteiger partial charge >= 0.3 is 0 Å². The number of amides is 2. The van der Waals surface area contributed by atoms with E-state index >= 15 is 0 Å². The molecular weight excluding hydrogens is 406 g/mol. The van der Waals surface area contributed by atoms with Crippen LogP contribution in [0.5, 0.6) is 0 Å². The first-order valence-corrected chi connectivity index (χ1v) is 10.6. The van der Waals surface area contributed by atoms with Crippen LogP contribution in [0.3, 0.4) is 0 Å². The van der Waals surface area contributed by atoms with Crippen LogP contribution in [-0.4, -0.2) is 66.8 Å². The number of nitrogens with two attached hydrogens (primary N) is 1. The Morgan fingerprint density at radius 1 is 1.25 bits per heavy atom. The molecule has 0 spiro atoms. The average Bonchev–Trinajstić information content (AvgIpc) is 3.00. The smallest absolute Gasteiger partial charge is 0.242 e. The maximum atomic E-state index is 12.0. The van der Waals surface area contributed by atoms with Gasteiger partial charge in [0.25, 0.3) is 0 Å². The van der Waals surface area contributed by atoms with E-state index in [0.717, 1.165) is 63.2 Å². The van der Waals surface area contributed by atoms with Crippen LogP contribution >= 0.6 is 0 Å². The zero-order chi connectivity index (χ0) is 23.8. The summed E-state index contributed by atoms with van der Waals surface area (Å²) in [6, 6.07) is 7.55. The number of hydrogen-bond acceptors (Lipinski definition) is 5. The summed E-state index contributed by atoms with van der Waals surface area (Å²) >= 11 is 0. The number of hydrogen-bond donors (Lipinski definition) is 3. The number of rotatable bonds is 3. The van der Waals surface area contributed by atoms with E-state index in [0.29, 0.717) is 6.42 Å². The minimum absolute atomic E-state index is 0.0988. The Labute approximate surface area is 190 Å². The number of carbonyl (C=O) groups excluding carboxylic acids is 2. The Bertz CT molecular complexity index is 823. The molecule has 0 unspecified atom stereocenters. The number of aryl methyl sites for hydroxylation is 1. The average molecular weight is 440 g/mol. The number of piperazine rings is 1. The molecule has 0 aliphatic carbocycles. The van der Waals surface area contributed by atoms with Gasteiger partial charge in [-0.2, -0.15) is 5.26 Å². The second-order valence-corrected chi connectivity index (χ2v) is 7.33. The molecule has 172 valence electrons. The summed E-state index contributed by atoms with van der Waals surface area (Å²) in [7, 11) is 0. The zero-order valence-corrected chi connectivity index (χ0v) is 18.7. The van der Waals surface area contributed by atoms with E-state index < -0.39 is 0 Å². The molecule has 0 aromatic heterocycles. The summed E-state index contributed by atoms with van der Waals surface area (Å²) < 4.78 is 0. The van der Waals surface area contributed by atoms with Crippen molar-refractivity contribution in [1.82, 2.24) is 20.4 Å². The summed E-state index contributed by atoms with van der Waals surface area (Å²) in [5.41, 5.74) is 7.22. The Morgan fingerprint density at radius 3 is 2.62 bits per heavy atom. The fraction of sp³-hybridized carbons (Fsp3) is 0.478. The first-order valence-electron chi connectivity index (χ1n) is 10.6. The van der Waals surface area contributed by atoms with Gasteiger partial charge in [0, 0.05) is 39.1 Å². The van der Waals surface area contributed by atoms with Crippen LogP contribution in [0.15, 0.2) is 29.3 Å². The van der Waals surface area contributed by atoms with Crippen molar-refractivity contribution >= 4 is 23.5 Å². The van der Waals surface area contributed by atoms with E-state index in [4.69, 9.17) is 11.0 Å². The van der Waals surface area contributed by atoms with Gasteiger partial charge in [0.15, 0.2) is 6.19 Å². The van der Waals surface area contributed by atoms with E-state index in [2.05, 4.69) is 28.5 Å². The van der Waals surface area contributed by atoms with Crippen LogP contribution < -0.4 is 16.4 Å². The Morgan fingerprint density at radius 2 is 1.97 bits per heavy atom. The third-order valence-electron chi connectivity index (χ3n) is 4.90. The quantitative estimate of drug-likeness (QED) is 0.213. The Balaban J connectivity index is 0.000000307. The van der Waals surface area contributed by atoms with Crippen molar-refractivity contribution in [2.24, 2.45) is 10.7 Å². The maximum Gasteiger partial charge on any atom is 0.242 e. The fourth-order valence-corrected chi connectivity index (χ4v) is 3.31. The number of aliphatic imine (C=N–C) groups is 1. The summed E-state index contributed by atoms with van der Waals surface area (Å²) in [6.45, 7) is 6.24. The SMILES string of the molecule is C#C.Cc1cccc(N=C(N)NC#N)c1.O=C(CN1CCCCCC1=O)N1CCNCC1. The molecule has 9 nitrogen and oxygen atoms in total. The van der Waals surface area contributed by atoms with Crippen molar-refractivity contribution in [1.29, 1.82) is 5.26 Å². The normalized spacial score (nSPS) is 16.3. The first-order chi connectivity index (χ1) is 15.5. The van der Waals surface area contributed by atoms with Gasteiger partial charge in [-0.25, -0.2) is 4.99 Å². The predicted molar refractivity (Wildman–Crippen MR) is 126 cm³/mol. The zero-order valence-electron chi connectivity index (χ0n) is 18.7. The topological polar surface area (TPSA) is 127 Å². The molecule has 1 aromatic rings. The van der Waals surface area contributed by atoms with Gasteiger partial charge in [-0.1, -0.05) is 18.6 Å². The van der Waals surface area contributed by atoms with E-state index in [1.807, 2.05) is 36.1 Å². The molecular formula is C23H33N7O2. The van der Waals surface area contributed by atoms with Crippen LogP contribution in [0, 0.1) is 31.2 Å². The molecule has 0 saturated carbocycles. The molecule has 0 atom stereocenters. The first kappa shape index (κ1) is 26.5. The van der Waals surface area contributed by atoms with Gasteiger partial charge in [-0.15, -0.1) is 12.8 Å². The molecule has 9 heteroatoms. The molecule has 2 saturated heterocycles. The van der Waals surface area contributed by atoms with E-state index in [-0.39, 0.29) is 24.3 Å². The van der Waals surface area contributed by atoms with Gasteiger partial charge in [0.2, 0.25) is 17.8 Å². The molecule has 2 heterocycles. The van der Waals surface area contributed by atoms with Gasteiger partial charge < -0.3 is 20.9 Å². The summed E-state index contributed by atoms with van der Waals surface area (Å²) in [5, 5.41) is 13.7. The van der Waals surface area contributed by atoms with E-state index in [1.165, 1.54) is 0 Å².